The molecule has 1 atom stereocenters. The van der Waals surface area contributed by atoms with Crippen molar-refractivity contribution in [1.82, 2.24) is 4.90 Å². The SMILES string of the molecule is O=C(O)CCCN1CCC[C@H]1COc1ccc(Cc2ccc(-c3ccsc3)cc2)cc1.[Na+]. The third-order valence-electron chi connectivity index (χ3n) is 5.92. The van der Waals surface area contributed by atoms with E-state index in [0.29, 0.717) is 19.1 Å². The fourth-order valence-corrected chi connectivity index (χ4v) is 4.85. The smallest absolute Gasteiger partial charge is 0.492 e. The number of ether oxygens (including phenoxy) is 1. The molecule has 1 fully saturated rings. The summed E-state index contributed by atoms with van der Waals surface area (Å²) in [4.78, 5) is 13.1. The molecule has 162 valence electrons. The van der Waals surface area contributed by atoms with Crippen LogP contribution < -0.4 is 34.3 Å². The zero-order valence-corrected chi connectivity index (χ0v) is 21.5. The fourth-order valence-electron chi connectivity index (χ4n) is 4.19. The van der Waals surface area contributed by atoms with E-state index in [1.165, 1.54) is 22.3 Å². The fraction of sp³-hybridized carbons (Fsp3) is 0.346. The van der Waals surface area contributed by atoms with Crippen molar-refractivity contribution in [3.63, 3.8) is 0 Å². The summed E-state index contributed by atoms with van der Waals surface area (Å²) in [5.41, 5.74) is 5.11. The predicted molar refractivity (Wildman–Crippen MR) is 126 cm³/mol. The van der Waals surface area contributed by atoms with E-state index in [0.717, 1.165) is 38.1 Å². The number of hydrogen-bond donors (Lipinski definition) is 1. The Morgan fingerprint density at radius 1 is 1.03 bits per heavy atom. The first-order chi connectivity index (χ1) is 15.2. The van der Waals surface area contributed by atoms with Gasteiger partial charge < -0.3 is 9.84 Å². The molecule has 6 heteroatoms. The van der Waals surface area contributed by atoms with Gasteiger partial charge in [0, 0.05) is 12.5 Å². The Kier molecular flexibility index (Phi) is 9.82. The first kappa shape index (κ1) is 25.0. The van der Waals surface area contributed by atoms with Crippen LogP contribution in [-0.4, -0.2) is 41.7 Å². The number of carboxylic acids is 1. The molecule has 3 aromatic rings. The summed E-state index contributed by atoms with van der Waals surface area (Å²) >= 11 is 1.72. The van der Waals surface area contributed by atoms with E-state index in [1.54, 1.807) is 11.3 Å². The summed E-state index contributed by atoms with van der Waals surface area (Å²) in [6.45, 7) is 2.54. The van der Waals surface area contributed by atoms with Gasteiger partial charge in [0.1, 0.15) is 12.4 Å². The van der Waals surface area contributed by atoms with Gasteiger partial charge in [-0.05, 0) is 90.0 Å². The molecule has 0 amide bonds. The molecule has 1 N–H and O–H groups in total. The van der Waals surface area contributed by atoms with E-state index in [4.69, 9.17) is 9.84 Å². The third-order valence-corrected chi connectivity index (χ3v) is 6.60. The number of aliphatic carboxylic acids is 1. The number of hydrogen-bond acceptors (Lipinski definition) is 4. The molecule has 0 saturated carbocycles. The van der Waals surface area contributed by atoms with E-state index in [2.05, 4.69) is 70.3 Å². The van der Waals surface area contributed by atoms with Gasteiger partial charge in [-0.1, -0.05) is 36.4 Å². The topological polar surface area (TPSA) is 49.8 Å². The minimum Gasteiger partial charge on any atom is -0.492 e. The molecule has 2 aromatic carbocycles. The Hall–Kier alpha value is -1.63. The summed E-state index contributed by atoms with van der Waals surface area (Å²) in [5, 5.41) is 13.1. The molecule has 4 nitrogen and oxygen atoms in total. The summed E-state index contributed by atoms with van der Waals surface area (Å²) in [6.07, 6.45) is 4.12. The maximum absolute atomic E-state index is 10.7. The van der Waals surface area contributed by atoms with Gasteiger partial charge >= 0.3 is 35.5 Å². The monoisotopic (exact) mass is 458 g/mol. The van der Waals surface area contributed by atoms with Crippen LogP contribution in [0.5, 0.6) is 5.75 Å². The number of thiophene rings is 1. The summed E-state index contributed by atoms with van der Waals surface area (Å²) < 4.78 is 6.05. The summed E-state index contributed by atoms with van der Waals surface area (Å²) in [7, 11) is 0. The van der Waals surface area contributed by atoms with Gasteiger partial charge in [0.15, 0.2) is 0 Å². The number of carboxylic acid groups (broad SMARTS) is 1. The average Bonchev–Trinajstić information content (AvgIpc) is 3.46. The summed E-state index contributed by atoms with van der Waals surface area (Å²) in [6, 6.07) is 19.7. The molecule has 0 bridgehead atoms. The molecule has 0 spiro atoms. The molecule has 0 aliphatic carbocycles. The van der Waals surface area contributed by atoms with Gasteiger partial charge in [-0.25, -0.2) is 0 Å². The molecular weight excluding hydrogens is 429 g/mol. The van der Waals surface area contributed by atoms with Crippen LogP contribution in [0.1, 0.15) is 36.8 Å². The Bertz CT molecular complexity index is 958. The zero-order valence-electron chi connectivity index (χ0n) is 18.7. The van der Waals surface area contributed by atoms with Gasteiger partial charge in [-0.3, -0.25) is 9.69 Å². The second-order valence-electron chi connectivity index (χ2n) is 8.17. The van der Waals surface area contributed by atoms with Crippen molar-refractivity contribution in [3.05, 3.63) is 76.5 Å². The molecule has 1 aliphatic heterocycles. The number of benzene rings is 2. The number of rotatable bonds is 10. The molecule has 2 heterocycles. The first-order valence-corrected chi connectivity index (χ1v) is 11.9. The maximum atomic E-state index is 10.7. The first-order valence-electron chi connectivity index (χ1n) is 11.0. The van der Waals surface area contributed by atoms with Gasteiger partial charge in [0.2, 0.25) is 0 Å². The maximum Gasteiger partial charge on any atom is 1.00 e. The van der Waals surface area contributed by atoms with E-state index >= 15 is 0 Å². The van der Waals surface area contributed by atoms with E-state index in [-0.39, 0.29) is 36.0 Å². The van der Waals surface area contributed by atoms with Crippen LogP contribution in [0.4, 0.5) is 0 Å². The van der Waals surface area contributed by atoms with Gasteiger partial charge in [-0.2, -0.15) is 11.3 Å². The van der Waals surface area contributed by atoms with Crippen LogP contribution in [0.3, 0.4) is 0 Å². The number of nitrogens with zero attached hydrogens (tertiary/aromatic N) is 1. The standard InChI is InChI=1S/C26H29NO3S.Na/c28-26(29)4-2-15-27-14-1-3-24(27)18-30-25-11-7-21(8-12-25)17-20-5-9-22(10-6-20)23-13-16-31-19-23;/h5-13,16,19,24H,1-4,14-15,17-18H2,(H,28,29);/q;+1/t24-;/m0./s1. The molecule has 0 radical (unpaired) electrons. The Morgan fingerprint density at radius 2 is 1.75 bits per heavy atom. The van der Waals surface area contributed by atoms with E-state index in [1.807, 2.05) is 0 Å². The normalized spacial score (nSPS) is 15.9. The van der Waals surface area contributed by atoms with Crippen LogP contribution in [0, 0.1) is 0 Å². The van der Waals surface area contributed by atoms with Crippen molar-refractivity contribution in [3.8, 4) is 16.9 Å². The van der Waals surface area contributed by atoms with Crippen LogP contribution in [0.2, 0.25) is 0 Å². The number of likely N-dealkylation sites (tertiary alicyclic amines) is 1. The van der Waals surface area contributed by atoms with Crippen LogP contribution >= 0.6 is 11.3 Å². The molecule has 1 saturated heterocycles. The quantitative estimate of drug-likeness (QED) is 0.475. The second-order valence-corrected chi connectivity index (χ2v) is 8.95. The van der Waals surface area contributed by atoms with Crippen LogP contribution in [0.15, 0.2) is 65.4 Å². The third kappa shape index (κ3) is 7.19. The Balaban J connectivity index is 0.00000289. The van der Waals surface area contributed by atoms with Gasteiger partial charge in [-0.15, -0.1) is 0 Å². The predicted octanol–water partition coefficient (Wildman–Crippen LogP) is 2.72. The summed E-state index contributed by atoms with van der Waals surface area (Å²) in [5.74, 6) is 0.180. The molecule has 32 heavy (non-hydrogen) atoms. The average molecular weight is 459 g/mol. The Morgan fingerprint density at radius 3 is 2.41 bits per heavy atom. The van der Waals surface area contributed by atoms with E-state index < -0.39 is 5.97 Å². The molecule has 1 aromatic heterocycles. The molecule has 1 aliphatic rings. The van der Waals surface area contributed by atoms with Crippen molar-refractivity contribution >= 4 is 17.3 Å². The van der Waals surface area contributed by atoms with Crippen molar-refractivity contribution in [1.29, 1.82) is 0 Å². The van der Waals surface area contributed by atoms with Crippen molar-refractivity contribution < 1.29 is 44.2 Å². The minimum atomic E-state index is -0.717. The largest absolute Gasteiger partial charge is 1.00 e. The minimum absolute atomic E-state index is 0. The van der Waals surface area contributed by atoms with Gasteiger partial charge in [0.05, 0.1) is 0 Å². The molecule has 0 unspecified atom stereocenters. The zero-order chi connectivity index (χ0) is 21.5. The van der Waals surface area contributed by atoms with E-state index in [9.17, 15) is 4.79 Å². The number of carbonyl (C=O) groups is 1. The Labute approximate surface area is 216 Å². The van der Waals surface area contributed by atoms with Crippen molar-refractivity contribution in [2.45, 2.75) is 38.1 Å². The molecule has 4 rings (SSSR count). The van der Waals surface area contributed by atoms with Crippen LogP contribution in [-0.2, 0) is 11.2 Å². The van der Waals surface area contributed by atoms with Crippen molar-refractivity contribution in [2.24, 2.45) is 0 Å². The van der Waals surface area contributed by atoms with Crippen molar-refractivity contribution in [2.75, 3.05) is 19.7 Å². The second kappa shape index (κ2) is 12.6. The van der Waals surface area contributed by atoms with Crippen LogP contribution in [0.25, 0.3) is 11.1 Å². The van der Waals surface area contributed by atoms with Gasteiger partial charge in [0.25, 0.3) is 0 Å². The molecular formula is C26H29NNaO3S+.